The van der Waals surface area contributed by atoms with Gasteiger partial charge in [0.1, 0.15) is 12.3 Å². The van der Waals surface area contributed by atoms with Crippen LogP contribution in [0.15, 0.2) is 18.2 Å². The Hall–Kier alpha value is -2.83. The number of halogens is 1. The van der Waals surface area contributed by atoms with Crippen molar-refractivity contribution in [2.45, 2.75) is 27.4 Å². The number of carbonyl (C=O) groups excluding carboxylic acids is 2. The number of nitrogens with one attached hydrogen (secondary N) is 1. The SMILES string of the molecule is CCOC(=O)c1c(C)[nH]c(C(=O)OCc2ccc(OC)c(F)c2)c1C. The Balaban J connectivity index is 2.12. The van der Waals surface area contributed by atoms with E-state index >= 15 is 0 Å². The number of H-pyrrole nitrogens is 1. The summed E-state index contributed by atoms with van der Waals surface area (Å²) in [7, 11) is 1.37. The van der Waals surface area contributed by atoms with Crippen LogP contribution in [0.4, 0.5) is 4.39 Å². The van der Waals surface area contributed by atoms with Crippen LogP contribution in [0, 0.1) is 19.7 Å². The van der Waals surface area contributed by atoms with Gasteiger partial charge in [0.2, 0.25) is 0 Å². The molecule has 134 valence electrons. The Kier molecular flexibility index (Phi) is 5.80. The second kappa shape index (κ2) is 7.83. The van der Waals surface area contributed by atoms with Gasteiger partial charge in [-0.2, -0.15) is 0 Å². The minimum atomic E-state index is -0.632. The third-order valence-electron chi connectivity index (χ3n) is 3.71. The fourth-order valence-corrected chi connectivity index (χ4v) is 2.48. The zero-order chi connectivity index (χ0) is 18.6. The van der Waals surface area contributed by atoms with E-state index in [1.54, 1.807) is 26.8 Å². The first-order valence-corrected chi connectivity index (χ1v) is 7.74. The van der Waals surface area contributed by atoms with E-state index < -0.39 is 17.8 Å². The van der Waals surface area contributed by atoms with Gasteiger partial charge in [0, 0.05) is 5.69 Å². The van der Waals surface area contributed by atoms with E-state index in [0.29, 0.717) is 22.4 Å². The van der Waals surface area contributed by atoms with Crippen LogP contribution in [0.25, 0.3) is 0 Å². The first kappa shape index (κ1) is 18.5. The number of hydrogen-bond donors (Lipinski definition) is 1. The number of ether oxygens (including phenoxy) is 3. The first-order chi connectivity index (χ1) is 11.9. The molecule has 0 radical (unpaired) electrons. The Morgan fingerprint density at radius 3 is 2.48 bits per heavy atom. The van der Waals surface area contributed by atoms with Crippen LogP contribution >= 0.6 is 0 Å². The van der Waals surface area contributed by atoms with Crippen molar-refractivity contribution in [3.8, 4) is 5.75 Å². The van der Waals surface area contributed by atoms with Gasteiger partial charge in [0.05, 0.1) is 19.3 Å². The minimum Gasteiger partial charge on any atom is -0.494 e. The van der Waals surface area contributed by atoms with Gasteiger partial charge in [-0.3, -0.25) is 0 Å². The van der Waals surface area contributed by atoms with E-state index in [4.69, 9.17) is 14.2 Å². The van der Waals surface area contributed by atoms with E-state index in [1.165, 1.54) is 19.2 Å². The predicted octanol–water partition coefficient (Wildman–Crippen LogP) is 3.31. The average molecular weight is 349 g/mol. The van der Waals surface area contributed by atoms with Crippen LogP contribution in [0.5, 0.6) is 5.75 Å². The molecule has 1 N–H and O–H groups in total. The van der Waals surface area contributed by atoms with Crippen LogP contribution in [-0.2, 0) is 16.1 Å². The molecule has 0 fully saturated rings. The van der Waals surface area contributed by atoms with Crippen LogP contribution < -0.4 is 4.74 Å². The number of carbonyl (C=O) groups is 2. The van der Waals surface area contributed by atoms with Crippen molar-refractivity contribution >= 4 is 11.9 Å². The number of aromatic amines is 1. The number of benzene rings is 1. The molecular formula is C18H20FNO5. The van der Waals surface area contributed by atoms with E-state index in [2.05, 4.69) is 4.98 Å². The third-order valence-corrected chi connectivity index (χ3v) is 3.71. The summed E-state index contributed by atoms with van der Waals surface area (Å²) in [5, 5.41) is 0. The van der Waals surface area contributed by atoms with Gasteiger partial charge >= 0.3 is 11.9 Å². The predicted molar refractivity (Wildman–Crippen MR) is 88.3 cm³/mol. The summed E-state index contributed by atoms with van der Waals surface area (Å²) in [4.78, 5) is 27.1. The maximum absolute atomic E-state index is 13.7. The van der Waals surface area contributed by atoms with Gasteiger partial charge < -0.3 is 19.2 Å². The molecule has 0 saturated heterocycles. The lowest BCUT2D eigenvalue weighted by Gasteiger charge is -2.07. The molecule has 1 aromatic carbocycles. The zero-order valence-corrected chi connectivity index (χ0v) is 14.6. The Morgan fingerprint density at radius 2 is 1.88 bits per heavy atom. The molecule has 0 bridgehead atoms. The largest absolute Gasteiger partial charge is 0.494 e. The number of aromatic nitrogens is 1. The van der Waals surface area contributed by atoms with Crippen LogP contribution in [-0.4, -0.2) is 30.6 Å². The Bertz CT molecular complexity index is 797. The maximum atomic E-state index is 13.7. The van der Waals surface area contributed by atoms with E-state index in [0.717, 1.165) is 0 Å². The molecule has 2 rings (SSSR count). The monoisotopic (exact) mass is 349 g/mol. The topological polar surface area (TPSA) is 77.6 Å². The molecule has 0 aliphatic rings. The van der Waals surface area contributed by atoms with E-state index in [-0.39, 0.29) is 24.7 Å². The molecule has 0 saturated carbocycles. The molecule has 0 atom stereocenters. The van der Waals surface area contributed by atoms with Gasteiger partial charge in [0.15, 0.2) is 11.6 Å². The van der Waals surface area contributed by atoms with Gasteiger partial charge in [-0.25, -0.2) is 14.0 Å². The summed E-state index contributed by atoms with van der Waals surface area (Å²) >= 11 is 0. The summed E-state index contributed by atoms with van der Waals surface area (Å²) in [6, 6.07) is 4.30. The fraction of sp³-hybridized carbons (Fsp3) is 0.333. The highest BCUT2D eigenvalue weighted by atomic mass is 19.1. The fourth-order valence-electron chi connectivity index (χ4n) is 2.48. The van der Waals surface area contributed by atoms with Gasteiger partial charge in [-0.1, -0.05) is 6.07 Å². The van der Waals surface area contributed by atoms with E-state index in [1.807, 2.05) is 0 Å². The third kappa shape index (κ3) is 3.99. The molecule has 0 amide bonds. The molecular weight excluding hydrogens is 329 g/mol. The van der Waals surface area contributed by atoms with Crippen molar-refractivity contribution in [3.05, 3.63) is 52.1 Å². The van der Waals surface area contributed by atoms with Gasteiger partial charge in [0.25, 0.3) is 0 Å². The molecule has 7 heteroatoms. The molecule has 0 aliphatic carbocycles. The van der Waals surface area contributed by atoms with Crippen molar-refractivity contribution in [2.75, 3.05) is 13.7 Å². The summed E-state index contributed by atoms with van der Waals surface area (Å²) in [6.07, 6.45) is 0. The molecule has 2 aromatic rings. The molecule has 0 unspecified atom stereocenters. The smallest absolute Gasteiger partial charge is 0.355 e. The number of esters is 2. The molecule has 6 nitrogen and oxygen atoms in total. The molecule has 0 aliphatic heterocycles. The van der Waals surface area contributed by atoms with Crippen molar-refractivity contribution in [1.29, 1.82) is 0 Å². The number of methoxy groups -OCH3 is 1. The minimum absolute atomic E-state index is 0.105. The lowest BCUT2D eigenvalue weighted by molar-refractivity contribution is 0.0465. The zero-order valence-electron chi connectivity index (χ0n) is 14.6. The summed E-state index contributed by atoms with van der Waals surface area (Å²) in [5.41, 5.74) is 1.97. The standard InChI is InChI=1S/C18H20FNO5/c1-5-24-17(21)15-10(2)16(20-11(15)3)18(22)25-9-12-6-7-14(23-4)13(19)8-12/h6-8,20H,5,9H2,1-4H3. The van der Waals surface area contributed by atoms with Crippen molar-refractivity contribution in [3.63, 3.8) is 0 Å². The molecule has 1 heterocycles. The molecule has 0 spiro atoms. The average Bonchev–Trinajstić information content (AvgIpc) is 2.87. The first-order valence-electron chi connectivity index (χ1n) is 7.74. The summed E-state index contributed by atoms with van der Waals surface area (Å²) < 4.78 is 28.7. The second-order valence-corrected chi connectivity index (χ2v) is 5.39. The highest BCUT2D eigenvalue weighted by Crippen LogP contribution is 2.21. The highest BCUT2D eigenvalue weighted by molar-refractivity contribution is 5.98. The number of aryl methyl sites for hydroxylation is 1. The maximum Gasteiger partial charge on any atom is 0.355 e. The van der Waals surface area contributed by atoms with E-state index in [9.17, 15) is 14.0 Å². The Morgan fingerprint density at radius 1 is 1.16 bits per heavy atom. The van der Waals surface area contributed by atoms with Crippen molar-refractivity contribution in [1.82, 2.24) is 4.98 Å². The number of hydrogen-bond acceptors (Lipinski definition) is 5. The Labute approximate surface area is 144 Å². The summed E-state index contributed by atoms with van der Waals surface area (Å²) in [5.74, 6) is -1.55. The van der Waals surface area contributed by atoms with Crippen LogP contribution in [0.2, 0.25) is 0 Å². The van der Waals surface area contributed by atoms with Crippen LogP contribution in [0.3, 0.4) is 0 Å². The van der Waals surface area contributed by atoms with Crippen molar-refractivity contribution < 1.29 is 28.2 Å². The van der Waals surface area contributed by atoms with Gasteiger partial charge in [-0.05, 0) is 44.0 Å². The van der Waals surface area contributed by atoms with Crippen LogP contribution in [0.1, 0.15) is 44.6 Å². The molecule has 1 aromatic heterocycles. The summed E-state index contributed by atoms with van der Waals surface area (Å²) in [6.45, 7) is 5.16. The van der Waals surface area contributed by atoms with Crippen molar-refractivity contribution in [2.24, 2.45) is 0 Å². The second-order valence-electron chi connectivity index (χ2n) is 5.39. The normalized spacial score (nSPS) is 10.4. The lowest BCUT2D eigenvalue weighted by Crippen LogP contribution is -2.09. The lowest BCUT2D eigenvalue weighted by atomic mass is 10.1. The number of rotatable bonds is 6. The highest BCUT2D eigenvalue weighted by Gasteiger charge is 2.23. The quantitative estimate of drug-likeness (QED) is 0.810. The molecule has 25 heavy (non-hydrogen) atoms. The van der Waals surface area contributed by atoms with Gasteiger partial charge in [-0.15, -0.1) is 0 Å².